The number of carbonyl (C=O) groups excluding carboxylic acids is 2. The van der Waals surface area contributed by atoms with Crippen molar-refractivity contribution >= 4 is 11.8 Å². The fourth-order valence-corrected chi connectivity index (χ4v) is 4.72. The quantitative estimate of drug-likeness (QED) is 0.476. The zero-order chi connectivity index (χ0) is 24.3. The fraction of sp³-hybridized carbons (Fsp3) is 0.500. The molecule has 6 nitrogen and oxygen atoms in total. The lowest BCUT2D eigenvalue weighted by Gasteiger charge is -2.31. The number of nitrogens with one attached hydrogen (secondary N) is 2. The first-order chi connectivity index (χ1) is 16.5. The Morgan fingerprint density at radius 3 is 2.18 bits per heavy atom. The molecule has 1 aliphatic rings. The Kier molecular flexibility index (Phi) is 10.1. The Hall–Kier alpha value is -2.70. The second-order valence-electron chi connectivity index (χ2n) is 9.71. The molecule has 0 spiro atoms. The molecule has 0 saturated heterocycles. The Bertz CT molecular complexity index is 892. The Labute approximate surface area is 204 Å². The third-order valence-corrected chi connectivity index (χ3v) is 6.85. The van der Waals surface area contributed by atoms with Gasteiger partial charge in [-0.05, 0) is 43.1 Å². The minimum absolute atomic E-state index is 0.0704. The van der Waals surface area contributed by atoms with Gasteiger partial charge in [0.05, 0.1) is 6.04 Å². The summed E-state index contributed by atoms with van der Waals surface area (Å²) in [5.41, 5.74) is 8.74. The molecule has 2 amide bonds. The summed E-state index contributed by atoms with van der Waals surface area (Å²) in [5, 5.41) is 6.09. The van der Waals surface area contributed by atoms with E-state index >= 15 is 0 Å². The smallest absolute Gasteiger partial charge is 0.243 e. The minimum Gasteiger partial charge on any atom is -0.350 e. The van der Waals surface area contributed by atoms with Crippen LogP contribution >= 0.6 is 0 Å². The van der Waals surface area contributed by atoms with Gasteiger partial charge >= 0.3 is 0 Å². The highest BCUT2D eigenvalue weighted by Gasteiger charge is 2.29. The first-order valence-electron chi connectivity index (χ1n) is 12.5. The van der Waals surface area contributed by atoms with Crippen LogP contribution in [0.4, 0.5) is 0 Å². The molecule has 6 heteroatoms. The number of carbonyl (C=O) groups is 2. The molecule has 2 atom stereocenters. The normalized spacial score (nSPS) is 16.1. The second kappa shape index (κ2) is 13.3. The van der Waals surface area contributed by atoms with Crippen LogP contribution in [0.15, 0.2) is 54.6 Å². The van der Waals surface area contributed by atoms with Gasteiger partial charge in [-0.15, -0.1) is 0 Å². The second-order valence-corrected chi connectivity index (χ2v) is 9.71. The topological polar surface area (TPSA) is 87.5 Å². The number of hydrogen-bond acceptors (Lipinski definition) is 4. The molecular weight excluding hydrogens is 424 g/mol. The third-order valence-electron chi connectivity index (χ3n) is 6.85. The lowest BCUT2D eigenvalue weighted by atomic mass is 9.84. The zero-order valence-corrected chi connectivity index (χ0v) is 20.6. The van der Waals surface area contributed by atoms with Crippen LogP contribution in [-0.2, 0) is 29.1 Å². The van der Waals surface area contributed by atoms with E-state index < -0.39 is 6.04 Å². The molecule has 2 aromatic carbocycles. The highest BCUT2D eigenvalue weighted by atomic mass is 16.2. The molecule has 3 rings (SSSR count). The van der Waals surface area contributed by atoms with Gasteiger partial charge < -0.3 is 16.4 Å². The van der Waals surface area contributed by atoms with Gasteiger partial charge in [-0.1, -0.05) is 86.7 Å². The van der Waals surface area contributed by atoms with E-state index in [0.29, 0.717) is 25.4 Å². The number of benzene rings is 2. The SMILES string of the molecule is CN(C)C(CC1CCCCC1)C(=O)N[C@@H](Cc1ccccc1)C(=O)NCc1ccc(CN)cc1. The summed E-state index contributed by atoms with van der Waals surface area (Å²) >= 11 is 0. The van der Waals surface area contributed by atoms with Crippen LogP contribution in [0.1, 0.15) is 55.2 Å². The lowest BCUT2D eigenvalue weighted by Crippen LogP contribution is -2.53. The Balaban J connectivity index is 1.67. The molecule has 34 heavy (non-hydrogen) atoms. The van der Waals surface area contributed by atoms with Gasteiger partial charge in [-0.25, -0.2) is 0 Å². The van der Waals surface area contributed by atoms with Crippen LogP contribution in [0.25, 0.3) is 0 Å². The van der Waals surface area contributed by atoms with E-state index in [-0.39, 0.29) is 17.9 Å². The number of nitrogens with zero attached hydrogens (tertiary/aromatic N) is 1. The minimum atomic E-state index is -0.632. The van der Waals surface area contributed by atoms with Crippen molar-refractivity contribution in [3.05, 3.63) is 71.3 Å². The number of nitrogens with two attached hydrogens (primary N) is 1. The molecule has 1 unspecified atom stereocenters. The van der Waals surface area contributed by atoms with Crippen LogP contribution in [0.2, 0.25) is 0 Å². The van der Waals surface area contributed by atoms with E-state index in [2.05, 4.69) is 10.6 Å². The third kappa shape index (κ3) is 7.96. The highest BCUT2D eigenvalue weighted by Crippen LogP contribution is 2.28. The first kappa shape index (κ1) is 25.9. The largest absolute Gasteiger partial charge is 0.350 e. The molecule has 0 aliphatic heterocycles. The van der Waals surface area contributed by atoms with Gasteiger partial charge in [0.25, 0.3) is 0 Å². The van der Waals surface area contributed by atoms with Crippen LogP contribution in [0.5, 0.6) is 0 Å². The van der Waals surface area contributed by atoms with E-state index in [0.717, 1.165) is 23.1 Å². The van der Waals surface area contributed by atoms with Gasteiger partial charge in [0.2, 0.25) is 11.8 Å². The number of likely N-dealkylation sites (N-methyl/N-ethyl adjacent to an activating group) is 1. The number of hydrogen-bond donors (Lipinski definition) is 3. The van der Waals surface area contributed by atoms with Crippen molar-refractivity contribution in [1.29, 1.82) is 0 Å². The van der Waals surface area contributed by atoms with Crippen molar-refractivity contribution in [1.82, 2.24) is 15.5 Å². The predicted octanol–water partition coefficient (Wildman–Crippen LogP) is 3.39. The van der Waals surface area contributed by atoms with Crippen molar-refractivity contribution in [2.45, 2.75) is 70.1 Å². The van der Waals surface area contributed by atoms with Crippen molar-refractivity contribution in [2.75, 3.05) is 14.1 Å². The molecule has 1 fully saturated rings. The van der Waals surface area contributed by atoms with Crippen LogP contribution < -0.4 is 16.4 Å². The average molecular weight is 465 g/mol. The van der Waals surface area contributed by atoms with Crippen LogP contribution in [-0.4, -0.2) is 42.9 Å². The van der Waals surface area contributed by atoms with E-state index in [1.807, 2.05) is 73.6 Å². The summed E-state index contributed by atoms with van der Waals surface area (Å²) in [5.74, 6) is 0.332. The van der Waals surface area contributed by atoms with Crippen molar-refractivity contribution in [3.63, 3.8) is 0 Å². The van der Waals surface area contributed by atoms with Gasteiger partial charge in [-0.2, -0.15) is 0 Å². The van der Waals surface area contributed by atoms with E-state index in [1.165, 1.54) is 32.1 Å². The molecule has 2 aromatic rings. The Morgan fingerprint density at radius 2 is 1.56 bits per heavy atom. The molecular formula is C28H40N4O2. The van der Waals surface area contributed by atoms with Gasteiger partial charge in [-0.3, -0.25) is 14.5 Å². The molecule has 0 bridgehead atoms. The molecule has 4 N–H and O–H groups in total. The Morgan fingerprint density at radius 1 is 0.912 bits per heavy atom. The summed E-state index contributed by atoms with van der Waals surface area (Å²) in [7, 11) is 3.90. The van der Waals surface area contributed by atoms with E-state index in [1.54, 1.807) is 0 Å². The molecule has 1 aliphatic carbocycles. The lowest BCUT2D eigenvalue weighted by molar-refractivity contribution is -0.132. The van der Waals surface area contributed by atoms with Crippen molar-refractivity contribution in [2.24, 2.45) is 11.7 Å². The molecule has 0 heterocycles. The summed E-state index contributed by atoms with van der Waals surface area (Å²) < 4.78 is 0. The fourth-order valence-electron chi connectivity index (χ4n) is 4.72. The van der Waals surface area contributed by atoms with Crippen molar-refractivity contribution < 1.29 is 9.59 Å². The zero-order valence-electron chi connectivity index (χ0n) is 20.6. The van der Waals surface area contributed by atoms with Crippen molar-refractivity contribution in [3.8, 4) is 0 Å². The summed E-state index contributed by atoms with van der Waals surface area (Å²) in [6.45, 7) is 0.899. The first-order valence-corrected chi connectivity index (χ1v) is 12.5. The summed E-state index contributed by atoms with van der Waals surface area (Å²) in [4.78, 5) is 28.6. The molecule has 0 radical (unpaired) electrons. The summed E-state index contributed by atoms with van der Waals surface area (Å²) in [6.07, 6.45) is 7.46. The number of rotatable bonds is 11. The van der Waals surface area contributed by atoms with E-state index in [4.69, 9.17) is 5.73 Å². The highest BCUT2D eigenvalue weighted by molar-refractivity contribution is 5.90. The van der Waals surface area contributed by atoms with E-state index in [9.17, 15) is 9.59 Å². The van der Waals surface area contributed by atoms with Gasteiger partial charge in [0, 0.05) is 19.5 Å². The maximum Gasteiger partial charge on any atom is 0.243 e. The molecule has 1 saturated carbocycles. The monoisotopic (exact) mass is 464 g/mol. The molecule has 0 aromatic heterocycles. The maximum atomic E-state index is 13.4. The van der Waals surface area contributed by atoms with Gasteiger partial charge in [0.1, 0.15) is 6.04 Å². The summed E-state index contributed by atoms with van der Waals surface area (Å²) in [6, 6.07) is 16.9. The van der Waals surface area contributed by atoms with Crippen LogP contribution in [0, 0.1) is 5.92 Å². The van der Waals surface area contributed by atoms with Crippen LogP contribution in [0.3, 0.4) is 0 Å². The van der Waals surface area contributed by atoms with Gasteiger partial charge in [0.15, 0.2) is 0 Å². The maximum absolute atomic E-state index is 13.4. The standard InChI is InChI=1S/C28H40N4O2/c1-32(2)26(18-22-11-7-4-8-12-22)28(34)31-25(17-21-9-5-3-6-10-21)27(33)30-20-24-15-13-23(19-29)14-16-24/h3,5-6,9-10,13-16,22,25-26H,4,7-8,11-12,17-20,29H2,1-2H3,(H,30,33)(H,31,34)/t25-,26?/m0/s1. The average Bonchev–Trinajstić information content (AvgIpc) is 2.86. The number of amides is 2. The predicted molar refractivity (Wildman–Crippen MR) is 137 cm³/mol. The molecule has 184 valence electrons.